The summed E-state index contributed by atoms with van der Waals surface area (Å²) in [6, 6.07) is 4.97. The Morgan fingerprint density at radius 2 is 2.00 bits per heavy atom. The average Bonchev–Trinajstić information content (AvgIpc) is 2.46. The highest BCUT2D eigenvalue weighted by atomic mass is 16.5. The van der Waals surface area contributed by atoms with Gasteiger partial charge in [0.1, 0.15) is 0 Å². The zero-order valence-corrected chi connectivity index (χ0v) is 13.4. The van der Waals surface area contributed by atoms with E-state index in [2.05, 4.69) is 48.1 Å². The van der Waals surface area contributed by atoms with Gasteiger partial charge in [0.25, 0.3) is 0 Å². The quantitative estimate of drug-likeness (QED) is 0.751. The third-order valence-corrected chi connectivity index (χ3v) is 3.35. The number of anilines is 1. The van der Waals surface area contributed by atoms with E-state index in [0.717, 1.165) is 31.0 Å². The maximum Gasteiger partial charge on any atom is 0.151 e. The van der Waals surface area contributed by atoms with Gasteiger partial charge in [0, 0.05) is 32.3 Å². The second kappa shape index (κ2) is 8.87. The van der Waals surface area contributed by atoms with Crippen molar-refractivity contribution in [1.29, 1.82) is 0 Å². The van der Waals surface area contributed by atoms with Crippen molar-refractivity contribution in [2.75, 3.05) is 25.2 Å². The summed E-state index contributed by atoms with van der Waals surface area (Å²) < 4.78 is 5.18. The molecule has 0 amide bonds. The second-order valence-electron chi connectivity index (χ2n) is 5.36. The summed E-state index contributed by atoms with van der Waals surface area (Å²) in [5.74, 6) is 0.921. The summed E-state index contributed by atoms with van der Waals surface area (Å²) >= 11 is 0. The van der Waals surface area contributed by atoms with Gasteiger partial charge in [-0.2, -0.15) is 5.10 Å². The zero-order valence-electron chi connectivity index (χ0n) is 13.4. The van der Waals surface area contributed by atoms with Crippen LogP contribution in [0.2, 0.25) is 0 Å². The van der Waals surface area contributed by atoms with Gasteiger partial charge >= 0.3 is 0 Å². The number of methoxy groups -OCH3 is 1. The van der Waals surface area contributed by atoms with Crippen LogP contribution in [0, 0.1) is 0 Å². The Balaban J connectivity index is 2.71. The van der Waals surface area contributed by atoms with Crippen LogP contribution in [0.3, 0.4) is 0 Å². The molecule has 0 spiro atoms. The standard InChI is InChI=1S/C15H28N4O/c1-6-13(4)19(9-10-20-5)15-8-7-14(17-18-15)11-16-12(2)3/h7-8,12-13,16H,6,9-11H2,1-5H3. The highest BCUT2D eigenvalue weighted by Gasteiger charge is 2.14. The van der Waals surface area contributed by atoms with Gasteiger partial charge in [-0.25, -0.2) is 0 Å². The van der Waals surface area contributed by atoms with E-state index in [-0.39, 0.29) is 0 Å². The molecule has 1 unspecified atom stereocenters. The highest BCUT2D eigenvalue weighted by Crippen LogP contribution is 2.15. The number of nitrogens with zero attached hydrogens (tertiary/aromatic N) is 3. The first-order chi connectivity index (χ1) is 9.58. The largest absolute Gasteiger partial charge is 0.383 e. The molecule has 0 saturated heterocycles. The van der Waals surface area contributed by atoms with Crippen LogP contribution >= 0.6 is 0 Å². The minimum Gasteiger partial charge on any atom is -0.383 e. The molecule has 5 nitrogen and oxygen atoms in total. The minimum atomic E-state index is 0.430. The molecule has 0 bridgehead atoms. The van der Waals surface area contributed by atoms with E-state index in [1.807, 2.05) is 12.1 Å². The third kappa shape index (κ3) is 5.43. The van der Waals surface area contributed by atoms with Crippen molar-refractivity contribution < 1.29 is 4.74 Å². The summed E-state index contributed by atoms with van der Waals surface area (Å²) in [6.45, 7) is 10.9. The van der Waals surface area contributed by atoms with Crippen LogP contribution in [-0.2, 0) is 11.3 Å². The second-order valence-corrected chi connectivity index (χ2v) is 5.36. The van der Waals surface area contributed by atoms with Crippen molar-refractivity contribution in [3.63, 3.8) is 0 Å². The van der Waals surface area contributed by atoms with Crippen LogP contribution in [0.4, 0.5) is 5.82 Å². The van der Waals surface area contributed by atoms with Crippen molar-refractivity contribution >= 4 is 5.82 Å². The predicted octanol–water partition coefficient (Wildman–Crippen LogP) is 2.23. The van der Waals surface area contributed by atoms with E-state index < -0.39 is 0 Å². The van der Waals surface area contributed by atoms with Crippen molar-refractivity contribution in [1.82, 2.24) is 15.5 Å². The summed E-state index contributed by atoms with van der Waals surface area (Å²) in [6.07, 6.45) is 1.07. The van der Waals surface area contributed by atoms with Gasteiger partial charge in [-0.1, -0.05) is 20.8 Å². The van der Waals surface area contributed by atoms with E-state index in [1.165, 1.54) is 0 Å². The third-order valence-electron chi connectivity index (χ3n) is 3.35. The highest BCUT2D eigenvalue weighted by molar-refractivity contribution is 5.38. The van der Waals surface area contributed by atoms with Gasteiger partial charge < -0.3 is 15.0 Å². The van der Waals surface area contributed by atoms with E-state index >= 15 is 0 Å². The molecule has 0 saturated carbocycles. The monoisotopic (exact) mass is 280 g/mol. The lowest BCUT2D eigenvalue weighted by Gasteiger charge is -2.29. The van der Waals surface area contributed by atoms with Gasteiger partial charge in [0.05, 0.1) is 12.3 Å². The molecule has 114 valence electrons. The van der Waals surface area contributed by atoms with Gasteiger partial charge in [-0.3, -0.25) is 0 Å². The topological polar surface area (TPSA) is 50.3 Å². The summed E-state index contributed by atoms with van der Waals surface area (Å²) in [4.78, 5) is 2.25. The Hall–Kier alpha value is -1.20. The van der Waals surface area contributed by atoms with Crippen molar-refractivity contribution in [3.8, 4) is 0 Å². The fourth-order valence-corrected chi connectivity index (χ4v) is 1.88. The smallest absolute Gasteiger partial charge is 0.151 e. The first-order valence-electron chi connectivity index (χ1n) is 7.40. The van der Waals surface area contributed by atoms with Gasteiger partial charge in [0.2, 0.25) is 0 Å². The molecule has 0 aliphatic carbocycles. The van der Waals surface area contributed by atoms with E-state index in [4.69, 9.17) is 4.74 Å². The molecule has 1 heterocycles. The Labute approximate surface area is 122 Å². The summed E-state index contributed by atoms with van der Waals surface area (Å²) in [7, 11) is 1.72. The van der Waals surface area contributed by atoms with E-state index in [1.54, 1.807) is 7.11 Å². The Kier molecular flexibility index (Phi) is 7.47. The predicted molar refractivity (Wildman–Crippen MR) is 83.0 cm³/mol. The fraction of sp³-hybridized carbons (Fsp3) is 0.733. The Morgan fingerprint density at radius 1 is 1.25 bits per heavy atom. The molecule has 1 N–H and O–H groups in total. The first-order valence-corrected chi connectivity index (χ1v) is 7.40. The lowest BCUT2D eigenvalue weighted by Crippen LogP contribution is -2.36. The average molecular weight is 280 g/mol. The van der Waals surface area contributed by atoms with Gasteiger partial charge in [-0.05, 0) is 25.5 Å². The molecule has 0 radical (unpaired) electrons. The molecule has 0 fully saturated rings. The minimum absolute atomic E-state index is 0.430. The van der Waals surface area contributed by atoms with Crippen molar-refractivity contribution in [2.45, 2.75) is 52.7 Å². The molecular formula is C15H28N4O. The van der Waals surface area contributed by atoms with E-state index in [9.17, 15) is 0 Å². The molecular weight excluding hydrogens is 252 g/mol. The molecule has 0 aliphatic heterocycles. The molecule has 0 aliphatic rings. The lowest BCUT2D eigenvalue weighted by atomic mass is 10.2. The number of ether oxygens (including phenoxy) is 1. The molecule has 1 aromatic rings. The fourth-order valence-electron chi connectivity index (χ4n) is 1.88. The first kappa shape index (κ1) is 16.9. The summed E-state index contributed by atoms with van der Waals surface area (Å²) in [5, 5.41) is 12.0. The van der Waals surface area contributed by atoms with Crippen LogP contribution in [0.5, 0.6) is 0 Å². The molecule has 1 atom stereocenters. The normalized spacial score (nSPS) is 12.7. The lowest BCUT2D eigenvalue weighted by molar-refractivity contribution is 0.203. The van der Waals surface area contributed by atoms with E-state index in [0.29, 0.717) is 18.7 Å². The molecule has 5 heteroatoms. The summed E-state index contributed by atoms with van der Waals surface area (Å²) in [5.41, 5.74) is 0.971. The van der Waals surface area contributed by atoms with Crippen molar-refractivity contribution in [3.05, 3.63) is 17.8 Å². The number of aromatic nitrogens is 2. The molecule has 1 rings (SSSR count). The maximum absolute atomic E-state index is 5.18. The van der Waals surface area contributed by atoms with Crippen LogP contribution in [-0.4, -0.2) is 42.5 Å². The molecule has 20 heavy (non-hydrogen) atoms. The Bertz CT molecular complexity index is 367. The van der Waals surface area contributed by atoms with Crippen LogP contribution in [0.1, 0.15) is 39.8 Å². The molecule has 0 aromatic carbocycles. The maximum atomic E-state index is 5.18. The zero-order chi connectivity index (χ0) is 15.0. The van der Waals surface area contributed by atoms with Gasteiger partial charge in [-0.15, -0.1) is 5.10 Å². The number of hydrogen-bond acceptors (Lipinski definition) is 5. The number of nitrogens with one attached hydrogen (secondary N) is 1. The SMILES string of the molecule is CCC(C)N(CCOC)c1ccc(CNC(C)C)nn1. The van der Waals surface area contributed by atoms with Crippen LogP contribution in [0.25, 0.3) is 0 Å². The molecule has 1 aromatic heterocycles. The van der Waals surface area contributed by atoms with Gasteiger partial charge in [0.15, 0.2) is 5.82 Å². The van der Waals surface area contributed by atoms with Crippen LogP contribution < -0.4 is 10.2 Å². The number of hydrogen-bond donors (Lipinski definition) is 1. The van der Waals surface area contributed by atoms with Crippen LogP contribution in [0.15, 0.2) is 12.1 Å². The van der Waals surface area contributed by atoms with Crippen molar-refractivity contribution in [2.24, 2.45) is 0 Å². The number of rotatable bonds is 9. The Morgan fingerprint density at radius 3 is 2.50 bits per heavy atom.